The van der Waals surface area contributed by atoms with Gasteiger partial charge >= 0.3 is 0 Å². The van der Waals surface area contributed by atoms with Crippen molar-refractivity contribution in [2.24, 2.45) is 0 Å². The van der Waals surface area contributed by atoms with Crippen LogP contribution in [0.15, 0.2) is 42.5 Å². The lowest BCUT2D eigenvalue weighted by Crippen LogP contribution is -2.19. The zero-order valence-corrected chi connectivity index (χ0v) is 14.1. The predicted octanol–water partition coefficient (Wildman–Crippen LogP) is 3.51. The number of hydrogen-bond donors (Lipinski definition) is 0. The Labute approximate surface area is 137 Å². The van der Waals surface area contributed by atoms with E-state index >= 15 is 0 Å². The van der Waals surface area contributed by atoms with Gasteiger partial charge in [-0.1, -0.05) is 12.1 Å². The minimum absolute atomic E-state index is 0.0394. The molecule has 0 fully saturated rings. The number of hydrogen-bond acceptors (Lipinski definition) is 4. The number of carbonyl (C=O) groups is 1. The SMILES string of the molecule is COc1ccc(C(C)=O)cc1-c1ccc(OCCN(C)C)cc1. The van der Waals surface area contributed by atoms with Gasteiger partial charge in [0, 0.05) is 17.7 Å². The summed E-state index contributed by atoms with van der Waals surface area (Å²) in [4.78, 5) is 13.7. The molecule has 0 saturated carbocycles. The van der Waals surface area contributed by atoms with Crippen molar-refractivity contribution in [1.82, 2.24) is 4.90 Å². The number of Topliss-reactive ketones (excluding diaryl/α,β-unsaturated/α-hetero) is 1. The largest absolute Gasteiger partial charge is 0.496 e. The number of benzene rings is 2. The van der Waals surface area contributed by atoms with E-state index in [9.17, 15) is 4.79 Å². The highest BCUT2D eigenvalue weighted by atomic mass is 16.5. The normalized spacial score (nSPS) is 10.7. The van der Waals surface area contributed by atoms with Gasteiger partial charge in [-0.15, -0.1) is 0 Å². The lowest BCUT2D eigenvalue weighted by Gasteiger charge is -2.13. The summed E-state index contributed by atoms with van der Waals surface area (Å²) in [6.07, 6.45) is 0. The number of ether oxygens (including phenoxy) is 2. The van der Waals surface area contributed by atoms with Crippen molar-refractivity contribution in [2.75, 3.05) is 34.4 Å². The minimum Gasteiger partial charge on any atom is -0.496 e. The molecule has 0 aliphatic heterocycles. The van der Waals surface area contributed by atoms with E-state index in [1.54, 1.807) is 20.1 Å². The Bertz CT molecular complexity index is 663. The molecule has 23 heavy (non-hydrogen) atoms. The zero-order valence-electron chi connectivity index (χ0n) is 14.1. The van der Waals surface area contributed by atoms with Gasteiger partial charge in [-0.25, -0.2) is 0 Å². The second-order valence-electron chi connectivity index (χ2n) is 5.65. The maximum absolute atomic E-state index is 11.6. The van der Waals surface area contributed by atoms with Crippen molar-refractivity contribution in [1.29, 1.82) is 0 Å². The summed E-state index contributed by atoms with van der Waals surface area (Å²) in [5.41, 5.74) is 2.57. The lowest BCUT2D eigenvalue weighted by molar-refractivity contribution is 0.101. The van der Waals surface area contributed by atoms with E-state index in [0.29, 0.717) is 12.2 Å². The number of nitrogens with zero attached hydrogens (tertiary/aromatic N) is 1. The first-order valence-corrected chi connectivity index (χ1v) is 7.58. The highest BCUT2D eigenvalue weighted by Crippen LogP contribution is 2.32. The van der Waals surface area contributed by atoms with E-state index in [1.165, 1.54) is 0 Å². The zero-order chi connectivity index (χ0) is 16.8. The van der Waals surface area contributed by atoms with E-state index in [2.05, 4.69) is 4.90 Å². The molecular weight excluding hydrogens is 290 g/mol. The van der Waals surface area contributed by atoms with Crippen molar-refractivity contribution in [3.05, 3.63) is 48.0 Å². The van der Waals surface area contributed by atoms with Crippen molar-refractivity contribution >= 4 is 5.78 Å². The van der Waals surface area contributed by atoms with E-state index in [-0.39, 0.29) is 5.78 Å². The van der Waals surface area contributed by atoms with Crippen LogP contribution in [-0.4, -0.2) is 45.0 Å². The summed E-state index contributed by atoms with van der Waals surface area (Å²) < 4.78 is 11.1. The first-order valence-electron chi connectivity index (χ1n) is 7.58. The molecule has 4 nitrogen and oxygen atoms in total. The Morgan fingerprint density at radius 3 is 2.35 bits per heavy atom. The van der Waals surface area contributed by atoms with Gasteiger partial charge in [0.15, 0.2) is 5.78 Å². The van der Waals surface area contributed by atoms with Crippen LogP contribution in [0.25, 0.3) is 11.1 Å². The summed E-state index contributed by atoms with van der Waals surface area (Å²) in [7, 11) is 5.66. The maximum Gasteiger partial charge on any atom is 0.159 e. The molecule has 0 amide bonds. The Hall–Kier alpha value is -2.33. The van der Waals surface area contributed by atoms with Crippen LogP contribution in [0, 0.1) is 0 Å². The Balaban J connectivity index is 2.21. The first-order chi connectivity index (χ1) is 11.0. The monoisotopic (exact) mass is 313 g/mol. The molecule has 0 aliphatic carbocycles. The topological polar surface area (TPSA) is 38.8 Å². The molecule has 2 aromatic carbocycles. The molecule has 0 unspecified atom stereocenters. The first kappa shape index (κ1) is 17.0. The number of likely N-dealkylation sites (N-methyl/N-ethyl adjacent to an activating group) is 1. The summed E-state index contributed by atoms with van der Waals surface area (Å²) in [5, 5.41) is 0. The molecule has 4 heteroatoms. The van der Waals surface area contributed by atoms with Crippen molar-refractivity contribution in [2.45, 2.75) is 6.92 Å². The second kappa shape index (κ2) is 7.79. The van der Waals surface area contributed by atoms with Crippen LogP contribution in [0.2, 0.25) is 0 Å². The Morgan fingerprint density at radius 1 is 1.09 bits per heavy atom. The lowest BCUT2D eigenvalue weighted by atomic mass is 10.0. The molecular formula is C19H23NO3. The van der Waals surface area contributed by atoms with Crippen molar-refractivity contribution in [3.8, 4) is 22.6 Å². The van der Waals surface area contributed by atoms with Gasteiger partial charge in [-0.05, 0) is 56.9 Å². The highest BCUT2D eigenvalue weighted by molar-refractivity contribution is 5.96. The van der Waals surface area contributed by atoms with Gasteiger partial charge in [0.1, 0.15) is 18.1 Å². The molecule has 122 valence electrons. The maximum atomic E-state index is 11.6. The highest BCUT2D eigenvalue weighted by Gasteiger charge is 2.09. The average Bonchev–Trinajstić information content (AvgIpc) is 2.54. The third kappa shape index (κ3) is 4.57. The van der Waals surface area contributed by atoms with Crippen LogP contribution >= 0.6 is 0 Å². The fraction of sp³-hybridized carbons (Fsp3) is 0.316. The quantitative estimate of drug-likeness (QED) is 0.733. The van der Waals surface area contributed by atoms with Gasteiger partial charge in [0.05, 0.1) is 7.11 Å². The molecule has 0 spiro atoms. The third-order valence-electron chi connectivity index (χ3n) is 3.58. The molecule has 0 atom stereocenters. The molecule has 0 saturated heterocycles. The average molecular weight is 313 g/mol. The summed E-state index contributed by atoms with van der Waals surface area (Å²) in [6.45, 7) is 3.08. The van der Waals surface area contributed by atoms with Crippen LogP contribution in [0.1, 0.15) is 17.3 Å². The van der Waals surface area contributed by atoms with Crippen LogP contribution < -0.4 is 9.47 Å². The Kier molecular flexibility index (Phi) is 5.77. The molecule has 0 radical (unpaired) electrons. The van der Waals surface area contributed by atoms with Crippen LogP contribution in [0.3, 0.4) is 0 Å². The fourth-order valence-electron chi connectivity index (χ4n) is 2.23. The van der Waals surface area contributed by atoms with E-state index in [4.69, 9.17) is 9.47 Å². The molecule has 0 N–H and O–H groups in total. The van der Waals surface area contributed by atoms with Gasteiger partial charge in [0.2, 0.25) is 0 Å². The van der Waals surface area contributed by atoms with E-state index < -0.39 is 0 Å². The molecule has 2 aromatic rings. The van der Waals surface area contributed by atoms with Gasteiger partial charge < -0.3 is 14.4 Å². The third-order valence-corrected chi connectivity index (χ3v) is 3.58. The van der Waals surface area contributed by atoms with Gasteiger partial charge in [-0.3, -0.25) is 4.79 Å². The Morgan fingerprint density at radius 2 is 1.78 bits per heavy atom. The summed E-state index contributed by atoms with van der Waals surface area (Å²) in [5.74, 6) is 1.62. The van der Waals surface area contributed by atoms with Gasteiger partial charge in [-0.2, -0.15) is 0 Å². The molecule has 0 bridgehead atoms. The number of carbonyl (C=O) groups excluding carboxylic acids is 1. The van der Waals surface area contributed by atoms with Crippen molar-refractivity contribution in [3.63, 3.8) is 0 Å². The summed E-state index contributed by atoms with van der Waals surface area (Å²) in [6, 6.07) is 13.3. The number of ketones is 1. The number of methoxy groups -OCH3 is 1. The molecule has 0 aromatic heterocycles. The molecule has 2 rings (SSSR count). The minimum atomic E-state index is 0.0394. The van der Waals surface area contributed by atoms with Crippen molar-refractivity contribution < 1.29 is 14.3 Å². The smallest absolute Gasteiger partial charge is 0.159 e. The van der Waals surface area contributed by atoms with Crippen LogP contribution in [0.5, 0.6) is 11.5 Å². The fourth-order valence-corrected chi connectivity index (χ4v) is 2.23. The second-order valence-corrected chi connectivity index (χ2v) is 5.65. The van der Waals surface area contributed by atoms with Crippen LogP contribution in [0.4, 0.5) is 0 Å². The van der Waals surface area contributed by atoms with E-state index in [0.717, 1.165) is 29.2 Å². The summed E-state index contributed by atoms with van der Waals surface area (Å²) >= 11 is 0. The molecule has 0 aliphatic rings. The number of rotatable bonds is 7. The van der Waals surface area contributed by atoms with Crippen LogP contribution in [-0.2, 0) is 0 Å². The van der Waals surface area contributed by atoms with E-state index in [1.807, 2.05) is 50.5 Å². The van der Waals surface area contributed by atoms with Gasteiger partial charge in [0.25, 0.3) is 0 Å². The standard InChI is InChI=1S/C19H23NO3/c1-14(21)16-7-10-19(22-4)18(13-16)15-5-8-17(9-6-15)23-12-11-20(2)3/h5-10,13H,11-12H2,1-4H3. The predicted molar refractivity (Wildman–Crippen MR) is 92.5 cm³/mol. The molecule has 0 heterocycles.